The van der Waals surface area contributed by atoms with Crippen LogP contribution in [-0.2, 0) is 4.79 Å². The number of aromatic nitrogens is 3. The van der Waals surface area contributed by atoms with Gasteiger partial charge in [0.05, 0.1) is 5.25 Å². The number of likely N-dealkylation sites (N-methyl/N-ethyl adjacent to an activating group) is 1. The lowest BCUT2D eigenvalue weighted by atomic mass is 10.1. The van der Waals surface area contributed by atoms with Crippen LogP contribution in [0.15, 0.2) is 24.3 Å². The van der Waals surface area contributed by atoms with E-state index in [1.807, 2.05) is 6.92 Å². The number of carbonyl (C=O) groups is 1. The monoisotopic (exact) mass is 372 g/mol. The molecule has 1 N–H and O–H groups in total. The van der Waals surface area contributed by atoms with Gasteiger partial charge in [-0.25, -0.2) is 5.10 Å². The molecule has 1 aromatic carbocycles. The predicted molar refractivity (Wildman–Crippen MR) is 105 cm³/mol. The Kier molecular flexibility index (Phi) is 4.62. The standard InChI is InChI=1S/C18H24N6OS/c1-12-4-6-14(7-5-12)16-24(15(25)13(2)26-16)18-19-17(20-21-18)23-10-8-22(3)9-11-23/h4-7,13,16H,8-11H2,1-3H3,(H,19,20,21)/t13-,16+/m0/s1. The van der Waals surface area contributed by atoms with Crippen LogP contribution in [0.2, 0.25) is 0 Å². The zero-order valence-corrected chi connectivity index (χ0v) is 16.2. The van der Waals surface area contributed by atoms with Crippen LogP contribution >= 0.6 is 11.8 Å². The zero-order valence-electron chi connectivity index (χ0n) is 15.3. The van der Waals surface area contributed by atoms with Crippen molar-refractivity contribution in [3.8, 4) is 0 Å². The van der Waals surface area contributed by atoms with Gasteiger partial charge in [0.15, 0.2) is 0 Å². The molecule has 1 amide bonds. The van der Waals surface area contributed by atoms with Crippen LogP contribution < -0.4 is 9.80 Å². The van der Waals surface area contributed by atoms with Gasteiger partial charge in [-0.2, -0.15) is 4.98 Å². The Balaban J connectivity index is 1.60. The van der Waals surface area contributed by atoms with E-state index in [2.05, 4.69) is 63.2 Å². The first-order valence-electron chi connectivity index (χ1n) is 8.94. The van der Waals surface area contributed by atoms with Crippen molar-refractivity contribution < 1.29 is 4.79 Å². The molecule has 2 fully saturated rings. The summed E-state index contributed by atoms with van der Waals surface area (Å²) in [5.74, 6) is 1.28. The molecule has 138 valence electrons. The molecule has 0 unspecified atom stereocenters. The molecule has 2 aliphatic rings. The summed E-state index contributed by atoms with van der Waals surface area (Å²) in [7, 11) is 2.12. The number of hydrogen-bond donors (Lipinski definition) is 1. The minimum atomic E-state index is -0.0986. The van der Waals surface area contributed by atoms with Crippen LogP contribution in [0, 0.1) is 6.92 Å². The molecular formula is C18H24N6OS. The van der Waals surface area contributed by atoms with E-state index in [-0.39, 0.29) is 16.5 Å². The number of hydrogen-bond acceptors (Lipinski definition) is 6. The number of nitrogens with zero attached hydrogens (tertiary/aromatic N) is 5. The van der Waals surface area contributed by atoms with Crippen molar-refractivity contribution in [2.45, 2.75) is 24.5 Å². The smallest absolute Gasteiger partial charge is 0.246 e. The fourth-order valence-electron chi connectivity index (χ4n) is 3.30. The molecule has 2 aliphatic heterocycles. The normalized spacial score (nSPS) is 24.5. The van der Waals surface area contributed by atoms with E-state index in [9.17, 15) is 4.79 Å². The van der Waals surface area contributed by atoms with E-state index in [0.29, 0.717) is 11.9 Å². The van der Waals surface area contributed by atoms with Gasteiger partial charge in [-0.3, -0.25) is 9.69 Å². The molecule has 2 saturated heterocycles. The van der Waals surface area contributed by atoms with Crippen LogP contribution in [0.4, 0.5) is 11.9 Å². The van der Waals surface area contributed by atoms with Crippen molar-refractivity contribution in [1.82, 2.24) is 20.1 Å². The summed E-state index contributed by atoms with van der Waals surface area (Å²) in [5.41, 5.74) is 2.32. The van der Waals surface area contributed by atoms with E-state index in [1.165, 1.54) is 5.56 Å². The number of rotatable bonds is 3. The topological polar surface area (TPSA) is 68.4 Å². The second-order valence-electron chi connectivity index (χ2n) is 7.00. The number of thioether (sulfide) groups is 1. The predicted octanol–water partition coefficient (Wildman–Crippen LogP) is 2.03. The third kappa shape index (κ3) is 3.19. The molecule has 4 rings (SSSR count). The number of amides is 1. The molecule has 7 nitrogen and oxygen atoms in total. The van der Waals surface area contributed by atoms with Crippen molar-refractivity contribution in [1.29, 1.82) is 0 Å². The highest BCUT2D eigenvalue weighted by molar-refractivity contribution is 8.01. The number of piperazine rings is 1. The fourth-order valence-corrected chi connectivity index (χ4v) is 4.55. The van der Waals surface area contributed by atoms with Gasteiger partial charge in [0.2, 0.25) is 17.8 Å². The number of aryl methyl sites for hydroxylation is 1. The molecule has 0 saturated carbocycles. The second kappa shape index (κ2) is 6.92. The molecule has 0 bridgehead atoms. The lowest BCUT2D eigenvalue weighted by Crippen LogP contribution is -2.45. The van der Waals surface area contributed by atoms with Gasteiger partial charge < -0.3 is 9.80 Å². The molecule has 3 heterocycles. The highest BCUT2D eigenvalue weighted by Gasteiger charge is 2.41. The number of aromatic amines is 1. The molecule has 2 aromatic rings. The summed E-state index contributed by atoms with van der Waals surface area (Å²) in [6.45, 7) is 7.79. The van der Waals surface area contributed by atoms with E-state index >= 15 is 0 Å². The molecule has 2 atom stereocenters. The third-order valence-electron chi connectivity index (χ3n) is 4.99. The minimum Gasteiger partial charge on any atom is -0.337 e. The van der Waals surface area contributed by atoms with Gasteiger partial charge >= 0.3 is 0 Å². The van der Waals surface area contributed by atoms with Gasteiger partial charge in [0.1, 0.15) is 5.37 Å². The lowest BCUT2D eigenvalue weighted by molar-refractivity contribution is -0.117. The van der Waals surface area contributed by atoms with Gasteiger partial charge in [-0.1, -0.05) is 29.8 Å². The molecule has 8 heteroatoms. The maximum absolute atomic E-state index is 12.8. The van der Waals surface area contributed by atoms with Crippen molar-refractivity contribution in [2.75, 3.05) is 43.0 Å². The minimum absolute atomic E-state index is 0.0710. The maximum Gasteiger partial charge on any atom is 0.246 e. The van der Waals surface area contributed by atoms with Crippen molar-refractivity contribution in [2.24, 2.45) is 0 Å². The first-order valence-corrected chi connectivity index (χ1v) is 9.88. The van der Waals surface area contributed by atoms with Crippen molar-refractivity contribution >= 4 is 29.6 Å². The van der Waals surface area contributed by atoms with Crippen LogP contribution in [0.25, 0.3) is 0 Å². The van der Waals surface area contributed by atoms with Gasteiger partial charge in [-0.05, 0) is 26.5 Å². The van der Waals surface area contributed by atoms with E-state index in [4.69, 9.17) is 0 Å². The van der Waals surface area contributed by atoms with Crippen LogP contribution in [0.5, 0.6) is 0 Å². The van der Waals surface area contributed by atoms with Gasteiger partial charge in [0.25, 0.3) is 0 Å². The largest absolute Gasteiger partial charge is 0.337 e. The average molecular weight is 372 g/mol. The van der Waals surface area contributed by atoms with Crippen molar-refractivity contribution in [3.05, 3.63) is 35.4 Å². The Morgan fingerprint density at radius 2 is 1.85 bits per heavy atom. The van der Waals surface area contributed by atoms with Crippen LogP contribution in [0.3, 0.4) is 0 Å². The molecule has 26 heavy (non-hydrogen) atoms. The molecule has 0 radical (unpaired) electrons. The molecular weight excluding hydrogens is 348 g/mol. The number of carbonyl (C=O) groups excluding carboxylic acids is 1. The van der Waals surface area contributed by atoms with Crippen molar-refractivity contribution in [3.63, 3.8) is 0 Å². The van der Waals surface area contributed by atoms with Crippen LogP contribution in [-0.4, -0.2) is 64.5 Å². The quantitative estimate of drug-likeness (QED) is 0.889. The summed E-state index contributed by atoms with van der Waals surface area (Å²) in [6.07, 6.45) is 0. The highest BCUT2D eigenvalue weighted by Crippen LogP contribution is 2.44. The van der Waals surface area contributed by atoms with Gasteiger partial charge in [0, 0.05) is 26.2 Å². The summed E-state index contributed by atoms with van der Waals surface area (Å²) < 4.78 is 0. The summed E-state index contributed by atoms with van der Waals surface area (Å²) in [6, 6.07) is 8.33. The number of H-pyrrole nitrogens is 1. The average Bonchev–Trinajstić information content (AvgIpc) is 3.22. The zero-order chi connectivity index (χ0) is 18.3. The molecule has 0 spiro atoms. The Morgan fingerprint density at radius 3 is 2.54 bits per heavy atom. The number of nitrogens with one attached hydrogen (secondary N) is 1. The Morgan fingerprint density at radius 1 is 1.15 bits per heavy atom. The van der Waals surface area contributed by atoms with Gasteiger partial charge in [-0.15, -0.1) is 16.9 Å². The second-order valence-corrected chi connectivity index (χ2v) is 8.42. The first kappa shape index (κ1) is 17.4. The van der Waals surface area contributed by atoms with E-state index in [1.54, 1.807) is 16.7 Å². The summed E-state index contributed by atoms with van der Waals surface area (Å²) in [4.78, 5) is 23.6. The fraction of sp³-hybridized carbons (Fsp3) is 0.500. The van der Waals surface area contributed by atoms with E-state index in [0.717, 1.165) is 31.7 Å². The Bertz CT molecular complexity index is 783. The maximum atomic E-state index is 12.8. The first-order chi connectivity index (χ1) is 12.5. The summed E-state index contributed by atoms with van der Waals surface area (Å²) >= 11 is 1.65. The lowest BCUT2D eigenvalue weighted by Gasteiger charge is -2.31. The summed E-state index contributed by atoms with van der Waals surface area (Å²) in [5, 5.41) is 7.20. The Labute approximate surface area is 157 Å². The Hall–Kier alpha value is -2.06. The molecule has 1 aromatic heterocycles. The van der Waals surface area contributed by atoms with E-state index < -0.39 is 0 Å². The molecule has 0 aliphatic carbocycles. The number of anilines is 2. The highest BCUT2D eigenvalue weighted by atomic mass is 32.2. The van der Waals surface area contributed by atoms with Crippen LogP contribution in [0.1, 0.15) is 23.4 Å². The SMILES string of the molecule is Cc1ccc([C@H]2S[C@@H](C)C(=O)N2c2nc(N3CCN(C)CC3)n[nH]2)cc1. The third-order valence-corrected chi connectivity index (χ3v) is 6.34. The number of benzene rings is 1.